The summed E-state index contributed by atoms with van der Waals surface area (Å²) in [5.74, 6) is 0.143. The van der Waals surface area contributed by atoms with E-state index in [-0.39, 0.29) is 5.91 Å². The first-order valence-electron chi connectivity index (χ1n) is 5.77. The lowest BCUT2D eigenvalue weighted by molar-refractivity contribution is -0.117. The minimum Gasteiger partial charge on any atom is -0.495 e. The van der Waals surface area contributed by atoms with E-state index < -0.39 is 6.04 Å². The molecular weight excluding hydrogens is 230 g/mol. The Kier molecular flexibility index (Phi) is 5.15. The molecule has 1 aromatic carbocycles. The lowest BCUT2D eigenvalue weighted by Gasteiger charge is -2.14. The largest absolute Gasteiger partial charge is 0.495 e. The van der Waals surface area contributed by atoms with Gasteiger partial charge in [0.15, 0.2) is 0 Å². The van der Waals surface area contributed by atoms with E-state index in [4.69, 9.17) is 15.7 Å². The molecule has 0 aliphatic heterocycles. The zero-order valence-corrected chi connectivity index (χ0v) is 10.6. The summed E-state index contributed by atoms with van der Waals surface area (Å²) < 4.78 is 5.12. The number of hydrogen-bond donors (Lipinski definition) is 2. The SMILES string of the molecule is CCC[C@@H](N)C(=O)Nc1c(C#N)cccc1OC. The van der Waals surface area contributed by atoms with Crippen LogP contribution in [0.25, 0.3) is 0 Å². The zero-order valence-electron chi connectivity index (χ0n) is 10.6. The number of benzene rings is 1. The predicted octanol–water partition coefficient (Wildman–Crippen LogP) is 1.63. The van der Waals surface area contributed by atoms with Gasteiger partial charge in [0, 0.05) is 0 Å². The summed E-state index contributed by atoms with van der Waals surface area (Å²) in [5.41, 5.74) is 6.45. The van der Waals surface area contributed by atoms with Crippen molar-refractivity contribution < 1.29 is 9.53 Å². The minimum absolute atomic E-state index is 0.308. The Hall–Kier alpha value is -2.06. The second kappa shape index (κ2) is 6.62. The van der Waals surface area contributed by atoms with Crippen molar-refractivity contribution in [2.24, 2.45) is 5.73 Å². The number of para-hydroxylation sites is 1. The molecule has 18 heavy (non-hydrogen) atoms. The average molecular weight is 247 g/mol. The van der Waals surface area contributed by atoms with Gasteiger partial charge in [-0.2, -0.15) is 5.26 Å². The van der Waals surface area contributed by atoms with Crippen LogP contribution < -0.4 is 15.8 Å². The maximum Gasteiger partial charge on any atom is 0.241 e. The van der Waals surface area contributed by atoms with Gasteiger partial charge in [0.1, 0.15) is 17.5 Å². The fraction of sp³-hybridized carbons (Fsp3) is 0.385. The van der Waals surface area contributed by atoms with Crippen molar-refractivity contribution in [1.82, 2.24) is 0 Å². The summed E-state index contributed by atoms with van der Waals surface area (Å²) in [6, 6.07) is 6.42. The number of methoxy groups -OCH3 is 1. The third-order valence-electron chi connectivity index (χ3n) is 2.55. The highest BCUT2D eigenvalue weighted by Gasteiger charge is 2.16. The van der Waals surface area contributed by atoms with Crippen LogP contribution in [0.2, 0.25) is 0 Å². The van der Waals surface area contributed by atoms with E-state index in [1.807, 2.05) is 13.0 Å². The van der Waals surface area contributed by atoms with Gasteiger partial charge in [-0.05, 0) is 18.6 Å². The first-order chi connectivity index (χ1) is 8.63. The van der Waals surface area contributed by atoms with Gasteiger partial charge in [0.05, 0.1) is 18.7 Å². The Morgan fingerprint density at radius 1 is 1.61 bits per heavy atom. The molecule has 0 aliphatic carbocycles. The van der Waals surface area contributed by atoms with Gasteiger partial charge >= 0.3 is 0 Å². The number of nitrogens with zero attached hydrogens (tertiary/aromatic N) is 1. The van der Waals surface area contributed by atoms with Gasteiger partial charge in [0.2, 0.25) is 5.91 Å². The highest BCUT2D eigenvalue weighted by molar-refractivity contribution is 5.97. The van der Waals surface area contributed by atoms with Gasteiger partial charge in [0.25, 0.3) is 0 Å². The van der Waals surface area contributed by atoms with E-state index in [1.54, 1.807) is 18.2 Å². The van der Waals surface area contributed by atoms with E-state index >= 15 is 0 Å². The summed E-state index contributed by atoms with van der Waals surface area (Å²) in [6.07, 6.45) is 1.43. The smallest absolute Gasteiger partial charge is 0.241 e. The summed E-state index contributed by atoms with van der Waals surface area (Å²) in [6.45, 7) is 1.96. The van der Waals surface area contributed by atoms with Crippen molar-refractivity contribution >= 4 is 11.6 Å². The van der Waals surface area contributed by atoms with E-state index in [1.165, 1.54) is 7.11 Å². The number of hydrogen-bond acceptors (Lipinski definition) is 4. The van der Waals surface area contributed by atoms with E-state index in [0.717, 1.165) is 6.42 Å². The maximum absolute atomic E-state index is 11.8. The van der Waals surface area contributed by atoms with Crippen LogP contribution in [-0.2, 0) is 4.79 Å². The molecule has 0 spiro atoms. The molecular formula is C13H17N3O2. The molecule has 0 radical (unpaired) electrons. The number of anilines is 1. The van der Waals surface area contributed by atoms with Gasteiger partial charge in [-0.15, -0.1) is 0 Å². The Bertz CT molecular complexity index is 466. The fourth-order valence-corrected chi connectivity index (χ4v) is 1.58. The lowest BCUT2D eigenvalue weighted by Crippen LogP contribution is -2.35. The van der Waals surface area contributed by atoms with Crippen LogP contribution >= 0.6 is 0 Å². The zero-order chi connectivity index (χ0) is 13.5. The molecule has 0 unspecified atom stereocenters. The number of nitrogens with two attached hydrogens (primary N) is 1. The van der Waals surface area contributed by atoms with Crippen LogP contribution in [0.1, 0.15) is 25.3 Å². The predicted molar refractivity (Wildman–Crippen MR) is 69.2 cm³/mol. The summed E-state index contributed by atoms with van der Waals surface area (Å²) in [7, 11) is 1.48. The van der Waals surface area contributed by atoms with Gasteiger partial charge in [-0.1, -0.05) is 19.4 Å². The molecule has 1 aromatic rings. The summed E-state index contributed by atoms with van der Waals surface area (Å²) in [4.78, 5) is 11.8. The fourth-order valence-electron chi connectivity index (χ4n) is 1.58. The molecule has 96 valence electrons. The van der Waals surface area contributed by atoms with Crippen LogP contribution in [-0.4, -0.2) is 19.1 Å². The van der Waals surface area contributed by atoms with Crippen LogP contribution in [0.4, 0.5) is 5.69 Å². The minimum atomic E-state index is -0.577. The molecule has 0 saturated heterocycles. The molecule has 0 aliphatic rings. The highest BCUT2D eigenvalue weighted by Crippen LogP contribution is 2.27. The Morgan fingerprint density at radius 3 is 2.89 bits per heavy atom. The topological polar surface area (TPSA) is 88.1 Å². The van der Waals surface area contributed by atoms with Gasteiger partial charge < -0.3 is 15.8 Å². The molecule has 0 saturated carbocycles. The molecule has 1 rings (SSSR count). The van der Waals surface area contributed by atoms with Crippen molar-refractivity contribution in [1.29, 1.82) is 5.26 Å². The second-order valence-electron chi connectivity index (χ2n) is 3.88. The Morgan fingerprint density at radius 2 is 2.33 bits per heavy atom. The van der Waals surface area contributed by atoms with Crippen molar-refractivity contribution in [3.8, 4) is 11.8 Å². The van der Waals surface area contributed by atoms with Crippen molar-refractivity contribution in [3.63, 3.8) is 0 Å². The molecule has 1 atom stereocenters. The maximum atomic E-state index is 11.8. The second-order valence-corrected chi connectivity index (χ2v) is 3.88. The average Bonchev–Trinajstić information content (AvgIpc) is 2.39. The van der Waals surface area contributed by atoms with Gasteiger partial charge in [-0.3, -0.25) is 4.79 Å². The molecule has 0 fully saturated rings. The third-order valence-corrected chi connectivity index (χ3v) is 2.55. The summed E-state index contributed by atoms with van der Waals surface area (Å²) >= 11 is 0. The number of nitrogens with one attached hydrogen (secondary N) is 1. The number of amides is 1. The molecule has 5 heteroatoms. The standard InChI is InChI=1S/C13H17N3O2/c1-3-5-10(15)13(17)16-12-9(8-14)6-4-7-11(12)18-2/h4,6-7,10H,3,5,15H2,1-2H3,(H,16,17)/t10-/m1/s1. The molecule has 1 amide bonds. The van der Waals surface area contributed by atoms with Crippen LogP contribution in [0, 0.1) is 11.3 Å². The van der Waals surface area contributed by atoms with Crippen molar-refractivity contribution in [3.05, 3.63) is 23.8 Å². The first-order valence-corrected chi connectivity index (χ1v) is 5.77. The van der Waals surface area contributed by atoms with Crippen LogP contribution in [0.3, 0.4) is 0 Å². The number of carbonyl (C=O) groups excluding carboxylic acids is 1. The Labute approximate surface area is 107 Å². The molecule has 5 nitrogen and oxygen atoms in total. The molecule has 0 heterocycles. The van der Waals surface area contributed by atoms with E-state index in [2.05, 4.69) is 5.32 Å². The van der Waals surface area contributed by atoms with Crippen molar-refractivity contribution in [2.45, 2.75) is 25.8 Å². The lowest BCUT2D eigenvalue weighted by atomic mass is 10.1. The van der Waals surface area contributed by atoms with E-state index in [0.29, 0.717) is 23.4 Å². The highest BCUT2D eigenvalue weighted by atomic mass is 16.5. The quantitative estimate of drug-likeness (QED) is 0.827. The number of rotatable bonds is 5. The number of nitriles is 1. The van der Waals surface area contributed by atoms with E-state index in [9.17, 15) is 4.79 Å². The molecule has 0 bridgehead atoms. The summed E-state index contributed by atoms with van der Waals surface area (Å²) in [5, 5.41) is 11.7. The number of carbonyl (C=O) groups is 1. The number of ether oxygens (including phenoxy) is 1. The van der Waals surface area contributed by atoms with Crippen LogP contribution in [0.5, 0.6) is 5.75 Å². The normalized spacial score (nSPS) is 11.4. The van der Waals surface area contributed by atoms with Crippen molar-refractivity contribution in [2.75, 3.05) is 12.4 Å². The van der Waals surface area contributed by atoms with Crippen LogP contribution in [0.15, 0.2) is 18.2 Å². The monoisotopic (exact) mass is 247 g/mol. The Balaban J connectivity index is 2.96. The van der Waals surface area contributed by atoms with Gasteiger partial charge in [-0.25, -0.2) is 0 Å². The molecule has 0 aromatic heterocycles. The first kappa shape index (κ1) is 14.0. The molecule has 3 N–H and O–H groups in total. The third kappa shape index (κ3) is 3.22.